The Kier molecular flexibility index (Phi) is 6.56. The number of halogens is 1. The molecule has 2 amide bonds. The highest BCUT2D eigenvalue weighted by Gasteiger charge is 2.13. The third kappa shape index (κ3) is 5.59. The van der Waals surface area contributed by atoms with Crippen molar-refractivity contribution < 1.29 is 14.5 Å². The lowest BCUT2D eigenvalue weighted by Gasteiger charge is -2.15. The first-order chi connectivity index (χ1) is 11.9. The fourth-order valence-electron chi connectivity index (χ4n) is 2.52. The number of anilines is 1. The minimum atomic E-state index is -0.110. The Hall–Kier alpha value is -2.37. The Morgan fingerprint density at radius 3 is 2.40 bits per heavy atom. The number of amides is 2. The largest absolute Gasteiger partial charge is 0.355 e. The minimum absolute atomic E-state index is 0.0924. The van der Waals surface area contributed by atoms with Gasteiger partial charge in [-0.15, -0.1) is 0 Å². The molecule has 132 valence electrons. The smallest absolute Gasteiger partial charge is 0.279 e. The molecule has 2 aromatic rings. The second kappa shape index (κ2) is 8.65. The normalized spacial score (nSPS) is 11.7. The number of hydrogen-bond donors (Lipinski definition) is 3. The molecule has 25 heavy (non-hydrogen) atoms. The van der Waals surface area contributed by atoms with Gasteiger partial charge in [0, 0.05) is 18.2 Å². The van der Waals surface area contributed by atoms with Crippen molar-refractivity contribution in [3.8, 4) is 0 Å². The first-order valence-electron chi connectivity index (χ1n) is 8.07. The second-order valence-corrected chi connectivity index (χ2v) is 6.53. The molecule has 0 saturated carbocycles. The van der Waals surface area contributed by atoms with Crippen LogP contribution in [-0.4, -0.2) is 32.5 Å². The van der Waals surface area contributed by atoms with Crippen molar-refractivity contribution in [2.75, 3.05) is 26.0 Å². The zero-order valence-electron chi connectivity index (χ0n) is 14.7. The van der Waals surface area contributed by atoms with Crippen LogP contribution in [0, 0.1) is 6.92 Å². The minimum Gasteiger partial charge on any atom is -0.355 e. The topological polar surface area (TPSA) is 62.6 Å². The molecule has 6 heteroatoms. The Balaban J connectivity index is 1.89. The molecule has 0 radical (unpaired) electrons. The number of likely N-dealkylation sites (N-methyl/N-ethyl adjacent to an activating group) is 1. The SMILES string of the molecule is CNC(=O)c1ccc(C[NH+](C)CC(=O)Nc2ccc(C)cc2Cl)cc1. The molecule has 0 bridgehead atoms. The van der Waals surface area contributed by atoms with Crippen molar-refractivity contribution >= 4 is 29.1 Å². The van der Waals surface area contributed by atoms with E-state index < -0.39 is 0 Å². The van der Waals surface area contributed by atoms with Crippen LogP contribution in [0.1, 0.15) is 21.5 Å². The van der Waals surface area contributed by atoms with Crippen LogP contribution < -0.4 is 15.5 Å². The van der Waals surface area contributed by atoms with Gasteiger partial charge >= 0.3 is 0 Å². The van der Waals surface area contributed by atoms with Crippen molar-refractivity contribution in [1.29, 1.82) is 0 Å². The van der Waals surface area contributed by atoms with Gasteiger partial charge in [0.05, 0.1) is 17.8 Å². The lowest BCUT2D eigenvalue weighted by molar-refractivity contribution is -0.885. The summed E-state index contributed by atoms with van der Waals surface area (Å²) < 4.78 is 0. The maximum absolute atomic E-state index is 12.2. The molecule has 2 rings (SSSR count). The average Bonchev–Trinajstić information content (AvgIpc) is 2.57. The van der Waals surface area contributed by atoms with E-state index in [1.54, 1.807) is 19.2 Å². The number of nitrogens with one attached hydrogen (secondary N) is 3. The zero-order chi connectivity index (χ0) is 18.4. The third-order valence-corrected chi connectivity index (χ3v) is 4.12. The monoisotopic (exact) mass is 360 g/mol. The first-order valence-corrected chi connectivity index (χ1v) is 8.45. The number of carbonyl (C=O) groups is 2. The first kappa shape index (κ1) is 19.0. The number of carbonyl (C=O) groups excluding carboxylic acids is 2. The van der Waals surface area contributed by atoms with Gasteiger partial charge in [0.25, 0.3) is 11.8 Å². The highest BCUT2D eigenvalue weighted by molar-refractivity contribution is 6.33. The summed E-state index contributed by atoms with van der Waals surface area (Å²) in [5.41, 5.74) is 3.35. The van der Waals surface area contributed by atoms with Crippen molar-refractivity contribution in [2.24, 2.45) is 0 Å². The predicted octanol–water partition coefficient (Wildman–Crippen LogP) is 1.66. The van der Waals surface area contributed by atoms with E-state index in [0.29, 0.717) is 29.4 Å². The van der Waals surface area contributed by atoms with Crippen LogP contribution in [-0.2, 0) is 11.3 Å². The summed E-state index contributed by atoms with van der Waals surface area (Å²) in [5.74, 6) is -0.202. The van der Waals surface area contributed by atoms with Crippen molar-refractivity contribution in [3.63, 3.8) is 0 Å². The molecule has 0 fully saturated rings. The van der Waals surface area contributed by atoms with Crippen molar-refractivity contribution in [1.82, 2.24) is 5.32 Å². The molecule has 3 N–H and O–H groups in total. The van der Waals surface area contributed by atoms with Crippen molar-refractivity contribution in [3.05, 3.63) is 64.2 Å². The quantitative estimate of drug-likeness (QED) is 0.733. The van der Waals surface area contributed by atoms with Crippen LogP contribution in [0.5, 0.6) is 0 Å². The molecule has 0 spiro atoms. The zero-order valence-corrected chi connectivity index (χ0v) is 15.4. The molecule has 0 aliphatic carbocycles. The fraction of sp³-hybridized carbons (Fsp3) is 0.263. The number of aryl methyl sites for hydroxylation is 1. The maximum atomic E-state index is 12.2. The fourth-order valence-corrected chi connectivity index (χ4v) is 2.80. The highest BCUT2D eigenvalue weighted by atomic mass is 35.5. The summed E-state index contributed by atoms with van der Waals surface area (Å²) in [7, 11) is 3.55. The van der Waals surface area contributed by atoms with E-state index in [0.717, 1.165) is 16.0 Å². The lowest BCUT2D eigenvalue weighted by Crippen LogP contribution is -3.08. The van der Waals surface area contributed by atoms with Crippen molar-refractivity contribution in [2.45, 2.75) is 13.5 Å². The molecular weight excluding hydrogens is 338 g/mol. The molecule has 5 nitrogen and oxygen atoms in total. The molecule has 0 saturated heterocycles. The molecular formula is C19H23ClN3O2+. The van der Waals surface area contributed by atoms with Crippen LogP contribution in [0.25, 0.3) is 0 Å². The maximum Gasteiger partial charge on any atom is 0.279 e. The van der Waals surface area contributed by atoms with Gasteiger partial charge in [0.15, 0.2) is 6.54 Å². The number of hydrogen-bond acceptors (Lipinski definition) is 2. The van der Waals surface area contributed by atoms with Gasteiger partial charge in [-0.2, -0.15) is 0 Å². The van der Waals surface area contributed by atoms with Crippen LogP contribution in [0.15, 0.2) is 42.5 Å². The molecule has 1 atom stereocenters. The summed E-state index contributed by atoms with van der Waals surface area (Å²) in [6.45, 7) is 2.95. The van der Waals surface area contributed by atoms with Gasteiger partial charge in [-0.25, -0.2) is 0 Å². The summed E-state index contributed by atoms with van der Waals surface area (Å²) in [6.07, 6.45) is 0. The van der Waals surface area contributed by atoms with E-state index >= 15 is 0 Å². The molecule has 0 aromatic heterocycles. The number of rotatable bonds is 6. The van der Waals surface area contributed by atoms with E-state index in [9.17, 15) is 9.59 Å². The third-order valence-electron chi connectivity index (χ3n) is 3.81. The molecule has 0 aliphatic heterocycles. The summed E-state index contributed by atoms with van der Waals surface area (Å²) in [4.78, 5) is 24.8. The van der Waals surface area contributed by atoms with E-state index in [1.165, 1.54) is 0 Å². The van der Waals surface area contributed by atoms with Crippen LogP contribution in [0.2, 0.25) is 5.02 Å². The van der Waals surface area contributed by atoms with Crippen LogP contribution >= 0.6 is 11.6 Å². The lowest BCUT2D eigenvalue weighted by atomic mass is 10.1. The number of quaternary nitrogens is 1. The molecule has 1 unspecified atom stereocenters. The highest BCUT2D eigenvalue weighted by Crippen LogP contribution is 2.22. The standard InChI is InChI=1S/C19H22ClN3O2/c1-13-4-9-17(16(20)10-13)22-18(24)12-23(3)11-14-5-7-15(8-6-14)19(25)21-2/h4-10H,11-12H2,1-3H3,(H,21,25)(H,22,24)/p+1. The van der Waals surface area contributed by atoms with Gasteiger partial charge in [-0.05, 0) is 36.8 Å². The van der Waals surface area contributed by atoms with E-state index in [2.05, 4.69) is 10.6 Å². The Morgan fingerprint density at radius 2 is 1.80 bits per heavy atom. The second-order valence-electron chi connectivity index (χ2n) is 6.12. The van der Waals surface area contributed by atoms with Gasteiger partial charge in [0.2, 0.25) is 0 Å². The van der Waals surface area contributed by atoms with E-state index in [4.69, 9.17) is 11.6 Å². The van der Waals surface area contributed by atoms with Gasteiger partial charge in [-0.1, -0.05) is 29.8 Å². The van der Waals surface area contributed by atoms with Gasteiger partial charge in [-0.3, -0.25) is 9.59 Å². The van der Waals surface area contributed by atoms with Crippen LogP contribution in [0.3, 0.4) is 0 Å². The van der Waals surface area contributed by atoms with Gasteiger partial charge < -0.3 is 15.5 Å². The van der Waals surface area contributed by atoms with E-state index in [1.807, 2.05) is 44.3 Å². The summed E-state index contributed by atoms with van der Waals surface area (Å²) >= 11 is 6.14. The predicted molar refractivity (Wildman–Crippen MR) is 100 cm³/mol. The Morgan fingerprint density at radius 1 is 1.12 bits per heavy atom. The van der Waals surface area contributed by atoms with Crippen LogP contribution in [0.4, 0.5) is 5.69 Å². The summed E-state index contributed by atoms with van der Waals surface area (Å²) in [5, 5.41) is 5.97. The van der Waals surface area contributed by atoms with E-state index in [-0.39, 0.29) is 11.8 Å². The number of benzene rings is 2. The Bertz CT molecular complexity index is 760. The Labute approximate surface area is 153 Å². The molecule has 0 heterocycles. The summed E-state index contributed by atoms with van der Waals surface area (Å²) in [6, 6.07) is 12.9. The molecule has 2 aromatic carbocycles. The average molecular weight is 361 g/mol. The van der Waals surface area contributed by atoms with Gasteiger partial charge in [0.1, 0.15) is 6.54 Å². The molecule has 0 aliphatic rings.